The van der Waals surface area contributed by atoms with Gasteiger partial charge in [-0.3, -0.25) is 4.55 Å². The quantitative estimate of drug-likeness (QED) is 0.804. The van der Waals surface area contributed by atoms with Crippen LogP contribution in [0.3, 0.4) is 0 Å². The molecule has 3 aliphatic carbocycles. The summed E-state index contributed by atoms with van der Waals surface area (Å²) in [6.07, 6.45) is 6.96. The molecular weight excluding hydrogens is 304 g/mol. The van der Waals surface area contributed by atoms with Gasteiger partial charge in [0.15, 0.2) is 0 Å². The molecule has 0 saturated heterocycles. The number of methoxy groups -OCH3 is 2. The second-order valence-corrected chi connectivity index (χ2v) is 8.99. The highest BCUT2D eigenvalue weighted by Crippen LogP contribution is 2.52. The van der Waals surface area contributed by atoms with Crippen LogP contribution in [0.15, 0.2) is 0 Å². The summed E-state index contributed by atoms with van der Waals surface area (Å²) >= 11 is 0. The van der Waals surface area contributed by atoms with Crippen molar-refractivity contribution >= 4 is 10.1 Å². The SMILES string of the molecule is COC1C2CCCCC2C(OC)C2CC(S(=O)(=O)O)CCC21. The molecule has 0 aromatic carbocycles. The van der Waals surface area contributed by atoms with Gasteiger partial charge in [0.2, 0.25) is 0 Å². The summed E-state index contributed by atoms with van der Waals surface area (Å²) in [5.74, 6) is 1.53. The van der Waals surface area contributed by atoms with Crippen LogP contribution < -0.4 is 0 Å². The van der Waals surface area contributed by atoms with E-state index in [1.807, 2.05) is 0 Å². The smallest absolute Gasteiger partial charge is 0.267 e. The summed E-state index contributed by atoms with van der Waals surface area (Å²) < 4.78 is 44.3. The zero-order valence-corrected chi connectivity index (χ0v) is 14.3. The lowest BCUT2D eigenvalue weighted by molar-refractivity contribution is -0.163. The lowest BCUT2D eigenvalue weighted by atomic mass is 9.56. The molecule has 0 radical (unpaired) electrons. The van der Waals surface area contributed by atoms with Gasteiger partial charge in [0.25, 0.3) is 10.1 Å². The maximum Gasteiger partial charge on any atom is 0.267 e. The van der Waals surface area contributed by atoms with Crippen LogP contribution in [-0.4, -0.2) is 44.6 Å². The highest BCUT2D eigenvalue weighted by Gasteiger charge is 2.54. The standard InChI is InChI=1S/C16H28O5S/c1-20-15-11-5-3-4-6-12(11)16(21-2)14-9-10(22(17,18)19)7-8-13(14)15/h10-16H,3-9H2,1-2H3,(H,17,18,19). The average Bonchev–Trinajstić information content (AvgIpc) is 2.51. The van der Waals surface area contributed by atoms with Crippen LogP contribution in [0.25, 0.3) is 0 Å². The molecule has 3 aliphatic rings. The van der Waals surface area contributed by atoms with Gasteiger partial charge in [0, 0.05) is 14.2 Å². The Kier molecular flexibility index (Phi) is 4.84. The van der Waals surface area contributed by atoms with E-state index in [1.165, 1.54) is 19.3 Å². The Morgan fingerprint density at radius 1 is 0.818 bits per heavy atom. The average molecular weight is 332 g/mol. The van der Waals surface area contributed by atoms with Crippen LogP contribution >= 0.6 is 0 Å². The molecule has 1 N–H and O–H groups in total. The Morgan fingerprint density at radius 2 is 1.32 bits per heavy atom. The van der Waals surface area contributed by atoms with Gasteiger partial charge in [-0.05, 0) is 55.8 Å². The number of rotatable bonds is 3. The van der Waals surface area contributed by atoms with Gasteiger partial charge < -0.3 is 9.47 Å². The van der Waals surface area contributed by atoms with Gasteiger partial charge in [-0.1, -0.05) is 12.8 Å². The third-order valence-electron chi connectivity index (χ3n) is 6.44. The van der Waals surface area contributed by atoms with Crippen molar-refractivity contribution in [3.05, 3.63) is 0 Å². The highest BCUT2D eigenvalue weighted by atomic mass is 32.2. The van der Waals surface area contributed by atoms with E-state index >= 15 is 0 Å². The van der Waals surface area contributed by atoms with Gasteiger partial charge in [-0.25, -0.2) is 0 Å². The number of hydrogen-bond acceptors (Lipinski definition) is 4. The molecule has 3 rings (SSSR count). The second-order valence-electron chi connectivity index (χ2n) is 7.29. The Balaban J connectivity index is 1.88. The molecule has 7 unspecified atom stereocenters. The molecule has 0 heterocycles. The molecule has 0 aromatic heterocycles. The van der Waals surface area contributed by atoms with E-state index in [-0.39, 0.29) is 18.1 Å². The minimum absolute atomic E-state index is 0.103. The molecular formula is C16H28O5S. The molecule has 0 aliphatic heterocycles. The minimum atomic E-state index is -3.96. The van der Waals surface area contributed by atoms with Crippen molar-refractivity contribution < 1.29 is 22.4 Å². The van der Waals surface area contributed by atoms with Crippen LogP contribution in [0.1, 0.15) is 44.9 Å². The molecule has 22 heavy (non-hydrogen) atoms. The molecule has 0 aromatic rings. The fraction of sp³-hybridized carbons (Fsp3) is 1.00. The van der Waals surface area contributed by atoms with Gasteiger partial charge >= 0.3 is 0 Å². The first-order chi connectivity index (χ1) is 10.5. The predicted molar refractivity (Wildman–Crippen MR) is 83.2 cm³/mol. The summed E-state index contributed by atoms with van der Waals surface area (Å²) in [6.45, 7) is 0. The van der Waals surface area contributed by atoms with E-state index in [4.69, 9.17) is 9.47 Å². The lowest BCUT2D eigenvalue weighted by Gasteiger charge is -2.54. The van der Waals surface area contributed by atoms with E-state index in [0.29, 0.717) is 30.6 Å². The molecule has 0 spiro atoms. The lowest BCUT2D eigenvalue weighted by Crippen LogP contribution is -2.57. The molecule has 0 amide bonds. The van der Waals surface area contributed by atoms with Crippen molar-refractivity contribution in [3.8, 4) is 0 Å². The summed E-state index contributed by atoms with van der Waals surface area (Å²) in [5.41, 5.74) is 0. The first-order valence-corrected chi connectivity index (χ1v) is 9.99. The molecule has 0 bridgehead atoms. The first-order valence-electron chi connectivity index (χ1n) is 8.49. The fourth-order valence-corrected chi connectivity index (χ4v) is 6.48. The van der Waals surface area contributed by atoms with Crippen molar-refractivity contribution in [3.63, 3.8) is 0 Å². The number of hydrogen-bond donors (Lipinski definition) is 1. The van der Waals surface area contributed by atoms with E-state index in [2.05, 4.69) is 0 Å². The molecule has 3 fully saturated rings. The van der Waals surface area contributed by atoms with Crippen molar-refractivity contribution in [1.29, 1.82) is 0 Å². The maximum atomic E-state index is 11.6. The molecule has 3 saturated carbocycles. The van der Waals surface area contributed by atoms with Gasteiger partial charge in [0.05, 0.1) is 17.5 Å². The summed E-state index contributed by atoms with van der Waals surface area (Å²) in [6, 6.07) is 0. The van der Waals surface area contributed by atoms with E-state index in [0.717, 1.165) is 12.8 Å². The minimum Gasteiger partial charge on any atom is -0.381 e. The number of ether oxygens (including phenoxy) is 2. The Bertz CT molecular complexity index is 483. The molecule has 6 heteroatoms. The van der Waals surface area contributed by atoms with Crippen molar-refractivity contribution in [1.82, 2.24) is 0 Å². The Hall–Kier alpha value is -0.170. The predicted octanol–water partition coefficient (Wildman–Crippen LogP) is 2.51. The van der Waals surface area contributed by atoms with Crippen molar-refractivity contribution in [2.45, 2.75) is 62.4 Å². The second kappa shape index (κ2) is 6.38. The fourth-order valence-electron chi connectivity index (χ4n) is 5.58. The van der Waals surface area contributed by atoms with Crippen LogP contribution in [0, 0.1) is 23.7 Å². The van der Waals surface area contributed by atoms with Crippen LogP contribution in [0.4, 0.5) is 0 Å². The summed E-state index contributed by atoms with van der Waals surface area (Å²) in [5, 5.41) is -0.635. The normalized spacial score (nSPS) is 45.9. The molecule has 128 valence electrons. The summed E-state index contributed by atoms with van der Waals surface area (Å²) in [7, 11) is -0.423. The maximum absolute atomic E-state index is 11.6. The van der Waals surface area contributed by atoms with Crippen LogP contribution in [-0.2, 0) is 19.6 Å². The zero-order valence-electron chi connectivity index (χ0n) is 13.5. The van der Waals surface area contributed by atoms with Gasteiger partial charge in [0.1, 0.15) is 0 Å². The monoisotopic (exact) mass is 332 g/mol. The van der Waals surface area contributed by atoms with Gasteiger partial charge in [-0.2, -0.15) is 8.42 Å². The zero-order chi connectivity index (χ0) is 15.9. The third kappa shape index (κ3) is 2.83. The van der Waals surface area contributed by atoms with Crippen molar-refractivity contribution in [2.24, 2.45) is 23.7 Å². The summed E-state index contributed by atoms with van der Waals surface area (Å²) in [4.78, 5) is 0. The van der Waals surface area contributed by atoms with E-state index in [9.17, 15) is 13.0 Å². The topological polar surface area (TPSA) is 72.8 Å². The molecule has 7 atom stereocenters. The van der Waals surface area contributed by atoms with E-state index < -0.39 is 15.4 Å². The number of fused-ring (bicyclic) bond motifs is 2. The Morgan fingerprint density at radius 3 is 1.82 bits per heavy atom. The first kappa shape index (κ1) is 16.7. The Labute approximate surface area is 133 Å². The van der Waals surface area contributed by atoms with Crippen molar-refractivity contribution in [2.75, 3.05) is 14.2 Å². The van der Waals surface area contributed by atoms with Crippen LogP contribution in [0.2, 0.25) is 0 Å². The van der Waals surface area contributed by atoms with Crippen LogP contribution in [0.5, 0.6) is 0 Å². The van der Waals surface area contributed by atoms with Gasteiger partial charge in [-0.15, -0.1) is 0 Å². The highest BCUT2D eigenvalue weighted by molar-refractivity contribution is 7.86. The third-order valence-corrected chi connectivity index (χ3v) is 7.71. The largest absolute Gasteiger partial charge is 0.381 e. The molecule has 5 nitrogen and oxygen atoms in total. The van der Waals surface area contributed by atoms with E-state index in [1.54, 1.807) is 14.2 Å².